The molecule has 0 spiro atoms. The molecule has 1 N–H and O–H groups in total. The van der Waals surface area contributed by atoms with Crippen LogP contribution < -0.4 is 19.8 Å². The summed E-state index contributed by atoms with van der Waals surface area (Å²) in [6, 6.07) is 13.5. The van der Waals surface area contributed by atoms with E-state index in [2.05, 4.69) is 53.1 Å². The lowest BCUT2D eigenvalue weighted by Crippen LogP contribution is -2.36. The van der Waals surface area contributed by atoms with Crippen LogP contribution >= 0.6 is 0 Å². The van der Waals surface area contributed by atoms with Crippen LogP contribution in [0.1, 0.15) is 63.5 Å². The molecule has 0 saturated carbocycles. The molecule has 1 aliphatic rings. The number of pyridine rings is 1. The zero-order valence-electron chi connectivity index (χ0n) is 23.2. The van der Waals surface area contributed by atoms with Crippen LogP contribution in [0.2, 0.25) is 0 Å². The highest BCUT2D eigenvalue weighted by atomic mass is 16.6. The van der Waals surface area contributed by atoms with Gasteiger partial charge in [-0.25, -0.2) is 4.68 Å². The highest BCUT2D eigenvalue weighted by Gasteiger charge is 2.31. The molecule has 39 heavy (non-hydrogen) atoms. The first-order valence-electron chi connectivity index (χ1n) is 13.4. The summed E-state index contributed by atoms with van der Waals surface area (Å²) >= 11 is 0. The fourth-order valence-corrected chi connectivity index (χ4v) is 5.04. The minimum atomic E-state index is -0.260. The molecule has 1 unspecified atom stereocenters. The van der Waals surface area contributed by atoms with Crippen LogP contribution in [0, 0.1) is 0 Å². The Morgan fingerprint density at radius 2 is 1.79 bits per heavy atom. The van der Waals surface area contributed by atoms with Crippen molar-refractivity contribution in [3.63, 3.8) is 0 Å². The zero-order chi connectivity index (χ0) is 27.6. The number of fused-ring (bicyclic) bond motifs is 2. The monoisotopic (exact) mass is 532 g/mol. The summed E-state index contributed by atoms with van der Waals surface area (Å²) in [7, 11) is 1.67. The number of ether oxygens (including phenoxy) is 3. The van der Waals surface area contributed by atoms with Crippen molar-refractivity contribution in [2.45, 2.75) is 65.2 Å². The van der Waals surface area contributed by atoms with Crippen LogP contribution in [0.15, 0.2) is 47.3 Å². The Labute approximate surface area is 227 Å². The highest BCUT2D eigenvalue weighted by Crippen LogP contribution is 2.35. The van der Waals surface area contributed by atoms with Crippen molar-refractivity contribution >= 4 is 10.9 Å². The highest BCUT2D eigenvalue weighted by molar-refractivity contribution is 5.83. The molecule has 10 nitrogen and oxygen atoms in total. The zero-order valence-corrected chi connectivity index (χ0v) is 23.2. The van der Waals surface area contributed by atoms with Gasteiger partial charge in [0.1, 0.15) is 19.0 Å². The standard InChI is InChI=1S/C29H36N6O4/c1-6-23(27-31-32-33-35(27)29(3,4)7-2)34(17-19-10-8-9-11-24(19)37-5)18-21-14-20-15-25-26(39-13-12-38-25)16-22(20)30-28(21)36/h8-11,14-16,23H,6-7,12-13,17-18H2,1-5H3,(H,30,36). The third kappa shape index (κ3) is 5.34. The largest absolute Gasteiger partial charge is 0.496 e. The minimum absolute atomic E-state index is 0.146. The van der Waals surface area contributed by atoms with Gasteiger partial charge in [0.25, 0.3) is 5.56 Å². The van der Waals surface area contributed by atoms with E-state index in [9.17, 15) is 4.79 Å². The van der Waals surface area contributed by atoms with Crippen molar-refractivity contribution in [2.75, 3.05) is 20.3 Å². The topological polar surface area (TPSA) is 107 Å². The van der Waals surface area contributed by atoms with Gasteiger partial charge in [0.05, 0.1) is 24.2 Å². The molecular formula is C29H36N6O4. The van der Waals surface area contributed by atoms with Gasteiger partial charge in [-0.3, -0.25) is 9.69 Å². The first-order chi connectivity index (χ1) is 18.8. The molecule has 0 fully saturated rings. The second-order valence-corrected chi connectivity index (χ2v) is 10.5. The van der Waals surface area contributed by atoms with Crippen LogP contribution in [0.4, 0.5) is 0 Å². The fourth-order valence-electron chi connectivity index (χ4n) is 5.04. The second kappa shape index (κ2) is 11.1. The van der Waals surface area contributed by atoms with E-state index in [1.165, 1.54) is 0 Å². The summed E-state index contributed by atoms with van der Waals surface area (Å²) in [6.07, 6.45) is 1.62. The van der Waals surface area contributed by atoms with Gasteiger partial charge in [-0.2, -0.15) is 0 Å². The third-order valence-electron chi connectivity index (χ3n) is 7.58. The fraction of sp³-hybridized carbons (Fsp3) is 0.448. The van der Waals surface area contributed by atoms with Crippen LogP contribution in [0.3, 0.4) is 0 Å². The number of tetrazole rings is 1. The predicted octanol–water partition coefficient (Wildman–Crippen LogP) is 4.59. The van der Waals surface area contributed by atoms with E-state index in [1.54, 1.807) is 7.11 Å². The molecule has 0 bridgehead atoms. The maximum absolute atomic E-state index is 13.4. The molecule has 206 valence electrons. The molecule has 5 rings (SSSR count). The number of aromatic nitrogens is 5. The number of benzene rings is 2. The lowest BCUT2D eigenvalue weighted by Gasteiger charge is -2.33. The molecule has 3 heterocycles. The Morgan fingerprint density at radius 1 is 1.08 bits per heavy atom. The average Bonchev–Trinajstić information content (AvgIpc) is 3.44. The number of methoxy groups -OCH3 is 1. The number of H-pyrrole nitrogens is 1. The summed E-state index contributed by atoms with van der Waals surface area (Å²) in [5.74, 6) is 2.90. The minimum Gasteiger partial charge on any atom is -0.496 e. The summed E-state index contributed by atoms with van der Waals surface area (Å²) in [4.78, 5) is 18.7. The average molecular weight is 533 g/mol. The van der Waals surface area contributed by atoms with Crippen molar-refractivity contribution in [3.05, 3.63) is 69.8 Å². The van der Waals surface area contributed by atoms with E-state index in [-0.39, 0.29) is 17.1 Å². The molecule has 1 aliphatic heterocycles. The maximum atomic E-state index is 13.4. The summed E-state index contributed by atoms with van der Waals surface area (Å²) in [5.41, 5.74) is 1.96. The third-order valence-corrected chi connectivity index (χ3v) is 7.58. The van der Waals surface area contributed by atoms with Gasteiger partial charge in [-0.05, 0) is 55.3 Å². The Balaban J connectivity index is 1.58. The quantitative estimate of drug-likeness (QED) is 0.316. The van der Waals surface area contributed by atoms with Crippen molar-refractivity contribution in [1.29, 1.82) is 0 Å². The summed E-state index contributed by atoms with van der Waals surface area (Å²) in [6.45, 7) is 10.4. The predicted molar refractivity (Wildman–Crippen MR) is 148 cm³/mol. The second-order valence-electron chi connectivity index (χ2n) is 10.5. The smallest absolute Gasteiger partial charge is 0.252 e. The number of rotatable bonds is 10. The van der Waals surface area contributed by atoms with Gasteiger partial charge in [-0.1, -0.05) is 32.0 Å². The Hall–Kier alpha value is -3.92. The Bertz CT molecular complexity index is 1510. The number of hydrogen-bond donors (Lipinski definition) is 1. The van der Waals surface area contributed by atoms with E-state index in [1.807, 2.05) is 47.1 Å². The van der Waals surface area contributed by atoms with E-state index >= 15 is 0 Å². The number of hydrogen-bond acceptors (Lipinski definition) is 8. The lowest BCUT2D eigenvalue weighted by molar-refractivity contribution is 0.149. The number of nitrogens with zero attached hydrogens (tertiary/aromatic N) is 5. The first kappa shape index (κ1) is 26.7. The van der Waals surface area contributed by atoms with E-state index in [0.29, 0.717) is 48.9 Å². The lowest BCUT2D eigenvalue weighted by atomic mass is 10.0. The van der Waals surface area contributed by atoms with Crippen molar-refractivity contribution < 1.29 is 14.2 Å². The maximum Gasteiger partial charge on any atom is 0.252 e. The SMILES string of the molecule is CCC(c1nnnn1C(C)(C)CC)N(Cc1ccccc1OC)Cc1cc2cc3c(cc2[nH]c1=O)OCCO3. The van der Waals surface area contributed by atoms with Crippen LogP contribution in [-0.4, -0.2) is 50.4 Å². The van der Waals surface area contributed by atoms with Gasteiger partial charge in [-0.15, -0.1) is 5.10 Å². The Kier molecular flexibility index (Phi) is 7.56. The van der Waals surface area contributed by atoms with Gasteiger partial charge < -0.3 is 19.2 Å². The molecule has 0 aliphatic carbocycles. The van der Waals surface area contributed by atoms with E-state index in [4.69, 9.17) is 14.2 Å². The van der Waals surface area contributed by atoms with Crippen molar-refractivity contribution in [1.82, 2.24) is 30.1 Å². The van der Waals surface area contributed by atoms with Gasteiger partial charge in [0.15, 0.2) is 17.3 Å². The molecular weight excluding hydrogens is 496 g/mol. The molecule has 0 amide bonds. The number of nitrogens with one attached hydrogen (secondary N) is 1. The van der Waals surface area contributed by atoms with Gasteiger partial charge in [0.2, 0.25) is 0 Å². The normalized spacial score (nSPS) is 14.1. The Morgan fingerprint density at radius 3 is 2.51 bits per heavy atom. The van der Waals surface area contributed by atoms with E-state index < -0.39 is 0 Å². The molecule has 4 aromatic rings. The van der Waals surface area contributed by atoms with Gasteiger partial charge >= 0.3 is 0 Å². The molecule has 10 heteroatoms. The molecule has 0 radical (unpaired) electrons. The number of para-hydroxylation sites is 1. The number of aromatic amines is 1. The summed E-state index contributed by atoms with van der Waals surface area (Å²) < 4.78 is 19.1. The van der Waals surface area contributed by atoms with Crippen molar-refractivity contribution in [2.24, 2.45) is 0 Å². The first-order valence-corrected chi connectivity index (χ1v) is 13.4. The summed E-state index contributed by atoms with van der Waals surface area (Å²) in [5, 5.41) is 13.8. The van der Waals surface area contributed by atoms with Crippen LogP contribution in [0.25, 0.3) is 10.9 Å². The van der Waals surface area contributed by atoms with Crippen molar-refractivity contribution in [3.8, 4) is 17.2 Å². The molecule has 1 atom stereocenters. The van der Waals surface area contributed by atoms with Crippen LogP contribution in [-0.2, 0) is 18.6 Å². The van der Waals surface area contributed by atoms with Crippen LogP contribution in [0.5, 0.6) is 17.2 Å². The van der Waals surface area contributed by atoms with Gasteiger partial charge in [0, 0.05) is 35.7 Å². The molecule has 2 aromatic heterocycles. The molecule has 2 aromatic carbocycles. The molecule has 0 saturated heterocycles. The van der Waals surface area contributed by atoms with E-state index in [0.717, 1.165) is 35.4 Å².